The van der Waals surface area contributed by atoms with Gasteiger partial charge in [-0.1, -0.05) is 41.9 Å². The van der Waals surface area contributed by atoms with Gasteiger partial charge in [0, 0.05) is 4.90 Å². The molecule has 0 unspecified atom stereocenters. The number of rotatable bonds is 6. The van der Waals surface area contributed by atoms with Crippen LogP contribution in [0.3, 0.4) is 0 Å². The van der Waals surface area contributed by atoms with Crippen LogP contribution in [0, 0.1) is 0 Å². The van der Waals surface area contributed by atoms with Crippen molar-refractivity contribution in [1.82, 2.24) is 0 Å². The average molecular weight is 307 g/mol. The summed E-state index contributed by atoms with van der Waals surface area (Å²) in [4.78, 5) is 11.9. The van der Waals surface area contributed by atoms with Crippen LogP contribution < -0.4 is 0 Å². The fraction of sp³-hybridized carbons (Fsp3) is 0.188. The standard InChI is InChI=1S/C16H15ClO2S/c17-15-9-8-13(11-14(15)16(18)19)20-10-4-7-12-5-2-1-3-6-12/h1-3,5-6,8-9,11H,4,7,10H2,(H,18,19). The first-order chi connectivity index (χ1) is 9.66. The number of thioether (sulfide) groups is 1. The second-order valence-electron chi connectivity index (χ2n) is 4.38. The second kappa shape index (κ2) is 7.36. The van der Waals surface area contributed by atoms with Gasteiger partial charge in [-0.3, -0.25) is 0 Å². The number of hydrogen-bond acceptors (Lipinski definition) is 2. The number of carboxylic acid groups (broad SMARTS) is 1. The van der Waals surface area contributed by atoms with E-state index in [9.17, 15) is 4.79 Å². The maximum Gasteiger partial charge on any atom is 0.337 e. The quantitative estimate of drug-likeness (QED) is 0.617. The van der Waals surface area contributed by atoms with Gasteiger partial charge in [-0.05, 0) is 42.4 Å². The summed E-state index contributed by atoms with van der Waals surface area (Å²) in [5.41, 5.74) is 1.50. The van der Waals surface area contributed by atoms with Crippen molar-refractivity contribution < 1.29 is 9.90 Å². The molecule has 0 radical (unpaired) electrons. The Kier molecular flexibility index (Phi) is 5.50. The SMILES string of the molecule is O=C(O)c1cc(SCCCc2ccccc2)ccc1Cl. The van der Waals surface area contributed by atoms with E-state index in [0.717, 1.165) is 23.5 Å². The number of carbonyl (C=O) groups is 1. The normalized spacial score (nSPS) is 10.4. The van der Waals surface area contributed by atoms with E-state index in [1.165, 1.54) is 5.56 Å². The van der Waals surface area contributed by atoms with Gasteiger partial charge in [-0.15, -0.1) is 11.8 Å². The molecule has 0 fully saturated rings. The summed E-state index contributed by atoms with van der Waals surface area (Å²) in [6, 6.07) is 15.5. The molecule has 0 aliphatic carbocycles. The minimum Gasteiger partial charge on any atom is -0.478 e. The topological polar surface area (TPSA) is 37.3 Å². The maximum absolute atomic E-state index is 11.0. The van der Waals surface area contributed by atoms with E-state index in [1.807, 2.05) is 24.3 Å². The molecule has 0 aromatic heterocycles. The van der Waals surface area contributed by atoms with E-state index in [-0.39, 0.29) is 10.6 Å². The van der Waals surface area contributed by atoms with E-state index in [1.54, 1.807) is 23.9 Å². The number of aryl methyl sites for hydroxylation is 1. The van der Waals surface area contributed by atoms with E-state index in [0.29, 0.717) is 0 Å². The summed E-state index contributed by atoms with van der Waals surface area (Å²) in [6.07, 6.45) is 2.09. The second-order valence-corrected chi connectivity index (χ2v) is 5.96. The Morgan fingerprint density at radius 3 is 2.60 bits per heavy atom. The van der Waals surface area contributed by atoms with Crippen molar-refractivity contribution in [3.63, 3.8) is 0 Å². The van der Waals surface area contributed by atoms with Crippen molar-refractivity contribution >= 4 is 29.3 Å². The van der Waals surface area contributed by atoms with Crippen molar-refractivity contribution in [1.29, 1.82) is 0 Å². The minimum absolute atomic E-state index is 0.166. The van der Waals surface area contributed by atoms with Gasteiger partial charge >= 0.3 is 5.97 Å². The maximum atomic E-state index is 11.0. The summed E-state index contributed by atoms with van der Waals surface area (Å²) >= 11 is 7.50. The van der Waals surface area contributed by atoms with E-state index in [4.69, 9.17) is 16.7 Å². The number of benzene rings is 2. The predicted octanol–water partition coefficient (Wildman–Crippen LogP) is 4.76. The zero-order valence-electron chi connectivity index (χ0n) is 10.9. The lowest BCUT2D eigenvalue weighted by atomic mass is 10.1. The lowest BCUT2D eigenvalue weighted by Gasteiger charge is -2.05. The monoisotopic (exact) mass is 306 g/mol. The van der Waals surface area contributed by atoms with Crippen molar-refractivity contribution in [3.8, 4) is 0 Å². The summed E-state index contributed by atoms with van der Waals surface area (Å²) in [5.74, 6) is -0.0306. The molecule has 0 spiro atoms. The van der Waals surface area contributed by atoms with Gasteiger partial charge in [0.2, 0.25) is 0 Å². The molecule has 0 amide bonds. The van der Waals surface area contributed by atoms with Crippen LogP contribution in [0.2, 0.25) is 5.02 Å². The van der Waals surface area contributed by atoms with E-state index in [2.05, 4.69) is 12.1 Å². The molecule has 20 heavy (non-hydrogen) atoms. The molecule has 1 N–H and O–H groups in total. The highest BCUT2D eigenvalue weighted by atomic mass is 35.5. The molecule has 2 aromatic carbocycles. The molecular weight excluding hydrogens is 292 g/mol. The van der Waals surface area contributed by atoms with Gasteiger partial charge in [0.25, 0.3) is 0 Å². The van der Waals surface area contributed by atoms with Crippen molar-refractivity contribution in [2.45, 2.75) is 17.7 Å². The van der Waals surface area contributed by atoms with Crippen molar-refractivity contribution in [3.05, 3.63) is 64.7 Å². The van der Waals surface area contributed by atoms with E-state index >= 15 is 0 Å². The van der Waals surface area contributed by atoms with Crippen LogP contribution in [-0.4, -0.2) is 16.8 Å². The first-order valence-electron chi connectivity index (χ1n) is 6.36. The Morgan fingerprint density at radius 1 is 1.15 bits per heavy atom. The van der Waals surface area contributed by atoms with Crippen LogP contribution >= 0.6 is 23.4 Å². The van der Waals surface area contributed by atoms with Crippen LogP contribution in [0.25, 0.3) is 0 Å². The molecule has 0 atom stereocenters. The molecule has 2 nitrogen and oxygen atoms in total. The molecular formula is C16H15ClO2S. The summed E-state index contributed by atoms with van der Waals surface area (Å²) in [5, 5.41) is 9.30. The fourth-order valence-electron chi connectivity index (χ4n) is 1.87. The van der Waals surface area contributed by atoms with Crippen LogP contribution in [0.1, 0.15) is 22.3 Å². The third-order valence-corrected chi connectivity index (χ3v) is 4.30. The lowest BCUT2D eigenvalue weighted by molar-refractivity contribution is 0.0697. The first-order valence-corrected chi connectivity index (χ1v) is 7.73. The number of aromatic carboxylic acids is 1. The Labute approximate surface area is 127 Å². The van der Waals surface area contributed by atoms with Gasteiger partial charge in [0.05, 0.1) is 10.6 Å². The summed E-state index contributed by atoms with van der Waals surface area (Å²) in [7, 11) is 0. The fourth-order valence-corrected chi connectivity index (χ4v) is 2.96. The molecule has 0 heterocycles. The molecule has 0 saturated carbocycles. The highest BCUT2D eigenvalue weighted by Crippen LogP contribution is 2.25. The van der Waals surface area contributed by atoms with Gasteiger partial charge in [0.15, 0.2) is 0 Å². The highest BCUT2D eigenvalue weighted by molar-refractivity contribution is 7.99. The molecule has 0 aliphatic heterocycles. The first kappa shape index (κ1) is 14.9. The zero-order valence-corrected chi connectivity index (χ0v) is 12.5. The molecule has 0 saturated heterocycles. The molecule has 104 valence electrons. The molecule has 0 bridgehead atoms. The Hall–Kier alpha value is -1.45. The Bertz CT molecular complexity index is 584. The van der Waals surface area contributed by atoms with Crippen LogP contribution in [0.5, 0.6) is 0 Å². The van der Waals surface area contributed by atoms with Crippen LogP contribution in [0.4, 0.5) is 0 Å². The highest BCUT2D eigenvalue weighted by Gasteiger charge is 2.09. The third-order valence-electron chi connectivity index (χ3n) is 2.89. The number of halogens is 1. The predicted molar refractivity (Wildman–Crippen MR) is 83.9 cm³/mol. The van der Waals surface area contributed by atoms with Gasteiger partial charge in [-0.25, -0.2) is 4.79 Å². The smallest absolute Gasteiger partial charge is 0.337 e. The minimum atomic E-state index is -0.985. The molecule has 4 heteroatoms. The zero-order chi connectivity index (χ0) is 14.4. The van der Waals surface area contributed by atoms with Gasteiger partial charge < -0.3 is 5.11 Å². The summed E-state index contributed by atoms with van der Waals surface area (Å²) < 4.78 is 0. The van der Waals surface area contributed by atoms with Crippen molar-refractivity contribution in [2.24, 2.45) is 0 Å². The molecule has 2 rings (SSSR count). The Balaban J connectivity index is 1.85. The summed E-state index contributed by atoms with van der Waals surface area (Å²) in [6.45, 7) is 0. The number of hydrogen-bond donors (Lipinski definition) is 1. The molecule has 0 aliphatic rings. The third kappa shape index (κ3) is 4.29. The Morgan fingerprint density at radius 2 is 1.90 bits per heavy atom. The number of carboxylic acids is 1. The largest absolute Gasteiger partial charge is 0.478 e. The van der Waals surface area contributed by atoms with Crippen LogP contribution in [-0.2, 0) is 6.42 Å². The van der Waals surface area contributed by atoms with Crippen LogP contribution in [0.15, 0.2) is 53.4 Å². The van der Waals surface area contributed by atoms with Gasteiger partial charge in [-0.2, -0.15) is 0 Å². The average Bonchev–Trinajstić information content (AvgIpc) is 2.46. The lowest BCUT2D eigenvalue weighted by Crippen LogP contribution is -1.97. The van der Waals surface area contributed by atoms with Crippen molar-refractivity contribution in [2.75, 3.05) is 5.75 Å². The van der Waals surface area contributed by atoms with E-state index < -0.39 is 5.97 Å². The molecule has 2 aromatic rings. The van der Waals surface area contributed by atoms with Gasteiger partial charge in [0.1, 0.15) is 0 Å².